The molecule has 0 aromatic carbocycles. The molecule has 0 unspecified atom stereocenters. The van der Waals surface area contributed by atoms with Gasteiger partial charge >= 0.3 is 5.97 Å². The van der Waals surface area contributed by atoms with Crippen molar-refractivity contribution in [1.29, 1.82) is 0 Å². The summed E-state index contributed by atoms with van der Waals surface area (Å²) in [6.07, 6.45) is 6.70. The first-order chi connectivity index (χ1) is 8.17. The van der Waals surface area contributed by atoms with Crippen LogP contribution in [0.2, 0.25) is 0 Å². The van der Waals surface area contributed by atoms with Gasteiger partial charge < -0.3 is 5.11 Å². The highest BCUT2D eigenvalue weighted by molar-refractivity contribution is 5.66. The van der Waals surface area contributed by atoms with Crippen molar-refractivity contribution < 1.29 is 9.90 Å². The molecule has 1 aromatic heterocycles. The number of aliphatic carboxylic acids is 1. The van der Waals surface area contributed by atoms with Crippen molar-refractivity contribution in [2.24, 2.45) is 0 Å². The van der Waals surface area contributed by atoms with Crippen molar-refractivity contribution in [3.63, 3.8) is 0 Å². The van der Waals surface area contributed by atoms with Crippen LogP contribution in [0, 0.1) is 0 Å². The molecule has 1 aromatic rings. The third-order valence-electron chi connectivity index (χ3n) is 2.95. The number of hydrogen-bond donors (Lipinski definition) is 1. The average Bonchev–Trinajstić information content (AvgIpc) is 2.75. The van der Waals surface area contributed by atoms with E-state index in [1.807, 2.05) is 10.9 Å². The Morgan fingerprint density at radius 2 is 2.12 bits per heavy atom. The maximum atomic E-state index is 10.3. The molecule has 0 spiro atoms. The van der Waals surface area contributed by atoms with Gasteiger partial charge in [-0.3, -0.25) is 4.79 Å². The molecule has 0 aliphatic heterocycles. The quantitative estimate of drug-likeness (QED) is 0.707. The van der Waals surface area contributed by atoms with Crippen LogP contribution in [0.3, 0.4) is 0 Å². The molecule has 96 valence electrons. The van der Waals surface area contributed by atoms with Crippen LogP contribution in [0.4, 0.5) is 0 Å². The molecular weight excluding hydrogens is 218 g/mol. The van der Waals surface area contributed by atoms with Crippen molar-refractivity contribution >= 4 is 5.97 Å². The highest BCUT2D eigenvalue weighted by Gasteiger charge is 2.08. The van der Waals surface area contributed by atoms with Crippen molar-refractivity contribution in [2.45, 2.75) is 58.4 Å². The molecule has 0 amide bonds. The molecule has 0 bridgehead atoms. The number of aromatic nitrogens is 3. The largest absolute Gasteiger partial charge is 0.481 e. The number of hydrogen-bond acceptors (Lipinski definition) is 3. The highest BCUT2D eigenvalue weighted by Crippen LogP contribution is 2.14. The Labute approximate surface area is 102 Å². The summed E-state index contributed by atoms with van der Waals surface area (Å²) in [7, 11) is 0. The van der Waals surface area contributed by atoms with Gasteiger partial charge in [0.25, 0.3) is 0 Å². The molecule has 0 atom stereocenters. The lowest BCUT2D eigenvalue weighted by molar-refractivity contribution is -0.137. The van der Waals surface area contributed by atoms with Gasteiger partial charge in [-0.25, -0.2) is 4.68 Å². The van der Waals surface area contributed by atoms with Gasteiger partial charge in [-0.15, -0.1) is 5.10 Å². The number of carboxylic acids is 1. The lowest BCUT2D eigenvalue weighted by Crippen LogP contribution is -2.07. The summed E-state index contributed by atoms with van der Waals surface area (Å²) in [5.41, 5.74) is 0.960. The SMILES string of the molecule is CCC(CC)n1cc(CCCCC(=O)O)nn1. The van der Waals surface area contributed by atoms with E-state index < -0.39 is 5.97 Å². The zero-order valence-corrected chi connectivity index (χ0v) is 10.6. The predicted octanol–water partition coefficient (Wildman–Crippen LogP) is 2.44. The van der Waals surface area contributed by atoms with Gasteiger partial charge in [-0.2, -0.15) is 0 Å². The Balaban J connectivity index is 2.37. The molecule has 0 radical (unpaired) electrons. The molecule has 0 aliphatic carbocycles. The number of carbonyl (C=O) groups is 1. The molecule has 0 saturated carbocycles. The minimum atomic E-state index is -0.731. The number of rotatable bonds is 8. The third-order valence-corrected chi connectivity index (χ3v) is 2.95. The highest BCUT2D eigenvalue weighted by atomic mass is 16.4. The van der Waals surface area contributed by atoms with Crippen LogP contribution in [-0.2, 0) is 11.2 Å². The molecular formula is C12H21N3O2. The van der Waals surface area contributed by atoms with E-state index in [1.165, 1.54) is 0 Å². The average molecular weight is 239 g/mol. The fourth-order valence-electron chi connectivity index (χ4n) is 1.85. The zero-order chi connectivity index (χ0) is 12.7. The van der Waals surface area contributed by atoms with Crippen LogP contribution in [-0.4, -0.2) is 26.1 Å². The van der Waals surface area contributed by atoms with Crippen molar-refractivity contribution in [3.8, 4) is 0 Å². The molecule has 5 nitrogen and oxygen atoms in total. The van der Waals surface area contributed by atoms with E-state index in [4.69, 9.17) is 5.11 Å². The van der Waals surface area contributed by atoms with E-state index in [0.29, 0.717) is 12.5 Å². The molecule has 1 rings (SSSR count). The normalized spacial score (nSPS) is 11.0. The Kier molecular flexibility index (Phi) is 5.66. The lowest BCUT2D eigenvalue weighted by atomic mass is 10.1. The number of aryl methyl sites for hydroxylation is 1. The van der Waals surface area contributed by atoms with E-state index in [0.717, 1.165) is 31.4 Å². The standard InChI is InChI=1S/C12H21N3O2/c1-3-11(4-2)15-9-10(13-14-15)7-5-6-8-12(16)17/h9,11H,3-8H2,1-2H3,(H,16,17). The number of carboxylic acid groups (broad SMARTS) is 1. The monoisotopic (exact) mass is 239 g/mol. The first-order valence-corrected chi connectivity index (χ1v) is 6.29. The van der Waals surface area contributed by atoms with Crippen LogP contribution in [0.15, 0.2) is 6.20 Å². The van der Waals surface area contributed by atoms with Crippen LogP contribution in [0.5, 0.6) is 0 Å². The Bertz CT molecular complexity index is 345. The maximum Gasteiger partial charge on any atom is 0.303 e. The van der Waals surface area contributed by atoms with Crippen molar-refractivity contribution in [2.75, 3.05) is 0 Å². The molecule has 1 heterocycles. The molecule has 1 N–H and O–H groups in total. The van der Waals surface area contributed by atoms with E-state index >= 15 is 0 Å². The van der Waals surface area contributed by atoms with Crippen LogP contribution < -0.4 is 0 Å². The number of nitrogens with zero attached hydrogens (tertiary/aromatic N) is 3. The summed E-state index contributed by atoms with van der Waals surface area (Å²) < 4.78 is 1.92. The minimum absolute atomic E-state index is 0.237. The summed E-state index contributed by atoms with van der Waals surface area (Å²) in [6.45, 7) is 4.28. The van der Waals surface area contributed by atoms with Gasteiger partial charge in [0.2, 0.25) is 0 Å². The second kappa shape index (κ2) is 7.04. The smallest absolute Gasteiger partial charge is 0.303 e. The summed E-state index contributed by atoms with van der Waals surface area (Å²) in [4.78, 5) is 10.3. The summed E-state index contributed by atoms with van der Waals surface area (Å²) >= 11 is 0. The van der Waals surface area contributed by atoms with Gasteiger partial charge in [0.1, 0.15) is 0 Å². The van der Waals surface area contributed by atoms with Crippen molar-refractivity contribution in [3.05, 3.63) is 11.9 Å². The number of unbranched alkanes of at least 4 members (excludes halogenated alkanes) is 1. The molecule has 0 aliphatic rings. The van der Waals surface area contributed by atoms with Gasteiger partial charge in [0.15, 0.2) is 0 Å². The summed E-state index contributed by atoms with van der Waals surface area (Å²) in [5.74, 6) is -0.731. The van der Waals surface area contributed by atoms with E-state index in [9.17, 15) is 4.79 Å². The summed E-state index contributed by atoms with van der Waals surface area (Å²) in [6, 6.07) is 0.426. The second-order valence-electron chi connectivity index (χ2n) is 4.26. The van der Waals surface area contributed by atoms with Crippen molar-refractivity contribution in [1.82, 2.24) is 15.0 Å². The Morgan fingerprint density at radius 3 is 2.71 bits per heavy atom. The van der Waals surface area contributed by atoms with Gasteiger partial charge in [0.05, 0.1) is 11.7 Å². The third kappa shape index (κ3) is 4.54. The first-order valence-electron chi connectivity index (χ1n) is 6.29. The first kappa shape index (κ1) is 13.7. The predicted molar refractivity (Wildman–Crippen MR) is 64.8 cm³/mol. The van der Waals surface area contributed by atoms with Crippen LogP contribution >= 0.6 is 0 Å². The van der Waals surface area contributed by atoms with Crippen LogP contribution in [0.1, 0.15) is 57.7 Å². The van der Waals surface area contributed by atoms with E-state index in [-0.39, 0.29) is 6.42 Å². The second-order valence-corrected chi connectivity index (χ2v) is 4.26. The maximum absolute atomic E-state index is 10.3. The molecule has 0 saturated heterocycles. The Hall–Kier alpha value is -1.39. The Morgan fingerprint density at radius 1 is 1.41 bits per heavy atom. The molecule has 5 heteroatoms. The van der Waals surface area contributed by atoms with E-state index in [2.05, 4.69) is 24.2 Å². The lowest BCUT2D eigenvalue weighted by Gasteiger charge is -2.10. The van der Waals surface area contributed by atoms with Gasteiger partial charge in [-0.1, -0.05) is 19.1 Å². The molecule has 17 heavy (non-hydrogen) atoms. The van der Waals surface area contributed by atoms with Gasteiger partial charge in [-0.05, 0) is 32.1 Å². The van der Waals surface area contributed by atoms with E-state index in [1.54, 1.807) is 0 Å². The van der Waals surface area contributed by atoms with Crippen LogP contribution in [0.25, 0.3) is 0 Å². The van der Waals surface area contributed by atoms with Gasteiger partial charge in [0, 0.05) is 12.6 Å². The fourth-order valence-corrected chi connectivity index (χ4v) is 1.85. The summed E-state index contributed by atoms with van der Waals surface area (Å²) in [5, 5.41) is 16.8. The topological polar surface area (TPSA) is 68.0 Å². The minimum Gasteiger partial charge on any atom is -0.481 e. The fraction of sp³-hybridized carbons (Fsp3) is 0.750. The molecule has 0 fully saturated rings. The zero-order valence-electron chi connectivity index (χ0n) is 10.6.